The Morgan fingerprint density at radius 1 is 1.04 bits per heavy atom. The topological polar surface area (TPSA) is 52.6 Å². The van der Waals surface area contributed by atoms with Gasteiger partial charge in [-0.05, 0) is 18.1 Å². The van der Waals surface area contributed by atoms with Crippen molar-refractivity contribution in [3.05, 3.63) is 71.8 Å². The van der Waals surface area contributed by atoms with E-state index < -0.39 is 21.7 Å². The van der Waals surface area contributed by atoms with E-state index in [1.54, 1.807) is 6.92 Å². The van der Waals surface area contributed by atoms with E-state index >= 15 is 0 Å². The van der Waals surface area contributed by atoms with Crippen molar-refractivity contribution < 1.29 is 19.1 Å². The highest BCUT2D eigenvalue weighted by molar-refractivity contribution is 8.15. The fraction of sp³-hybridized carbons (Fsp3) is 0.250. The van der Waals surface area contributed by atoms with Gasteiger partial charge in [0, 0.05) is 11.1 Å². The Bertz CT molecular complexity index is 726. The first-order valence-electron chi connectivity index (χ1n) is 8.02. The van der Waals surface area contributed by atoms with E-state index in [4.69, 9.17) is 9.47 Å². The molecule has 25 heavy (non-hydrogen) atoms. The largest absolute Gasteiger partial charge is 0.468 e. The van der Waals surface area contributed by atoms with E-state index in [-0.39, 0.29) is 5.97 Å². The molecule has 2 aromatic rings. The van der Waals surface area contributed by atoms with Gasteiger partial charge in [-0.3, -0.25) is 4.79 Å². The monoisotopic (exact) mass is 358 g/mol. The van der Waals surface area contributed by atoms with Gasteiger partial charge in [0.15, 0.2) is 0 Å². The summed E-state index contributed by atoms with van der Waals surface area (Å²) < 4.78 is 10.1. The van der Waals surface area contributed by atoms with Gasteiger partial charge in [0.1, 0.15) is 5.25 Å². The van der Waals surface area contributed by atoms with Gasteiger partial charge in [-0.2, -0.15) is 10.5 Å². The molecule has 0 radical (unpaired) electrons. The Kier molecular flexibility index (Phi) is 7.41. The molecule has 2 unspecified atom stereocenters. The van der Waals surface area contributed by atoms with E-state index in [1.807, 2.05) is 60.7 Å². The second kappa shape index (κ2) is 9.79. The lowest BCUT2D eigenvalue weighted by atomic mass is 10.1. The SMILES string of the molecule is CCOC(=O)/C=S(\Cc1ccccc1)C(C(=O)OC)c1ccccc1. The van der Waals surface area contributed by atoms with Crippen molar-refractivity contribution in [3.63, 3.8) is 0 Å². The third-order valence-electron chi connectivity index (χ3n) is 3.53. The van der Waals surface area contributed by atoms with Gasteiger partial charge in [-0.15, -0.1) is 0 Å². The van der Waals surface area contributed by atoms with Crippen LogP contribution in [0.1, 0.15) is 23.3 Å². The summed E-state index contributed by atoms with van der Waals surface area (Å²) in [5.41, 5.74) is 1.88. The number of carbonyl (C=O) groups excluding carboxylic acids is 2. The fourth-order valence-electron chi connectivity index (χ4n) is 2.43. The van der Waals surface area contributed by atoms with Crippen LogP contribution < -0.4 is 0 Å². The molecular formula is C20H22O4S. The van der Waals surface area contributed by atoms with Crippen LogP contribution >= 0.6 is 10.5 Å². The van der Waals surface area contributed by atoms with E-state index in [1.165, 1.54) is 12.5 Å². The molecule has 0 aromatic heterocycles. The lowest BCUT2D eigenvalue weighted by Gasteiger charge is -2.20. The summed E-state index contributed by atoms with van der Waals surface area (Å²) in [6.45, 7) is 2.06. The zero-order chi connectivity index (χ0) is 18.1. The second-order valence-corrected chi connectivity index (χ2v) is 7.22. The summed E-state index contributed by atoms with van der Waals surface area (Å²) in [5.74, 6) is -0.202. The van der Waals surface area contributed by atoms with Crippen LogP contribution in [0.5, 0.6) is 0 Å². The number of hydrogen-bond acceptors (Lipinski definition) is 4. The second-order valence-electron chi connectivity index (χ2n) is 5.28. The first-order valence-corrected chi connectivity index (χ1v) is 9.54. The van der Waals surface area contributed by atoms with Crippen LogP contribution in [0.3, 0.4) is 0 Å². The van der Waals surface area contributed by atoms with Gasteiger partial charge >= 0.3 is 11.9 Å². The lowest BCUT2D eigenvalue weighted by molar-refractivity contribution is -0.140. The number of ether oxygens (including phenoxy) is 2. The predicted molar refractivity (Wildman–Crippen MR) is 102 cm³/mol. The summed E-state index contributed by atoms with van der Waals surface area (Å²) in [6, 6.07) is 19.2. The highest BCUT2D eigenvalue weighted by Crippen LogP contribution is 2.38. The van der Waals surface area contributed by atoms with Gasteiger partial charge in [-0.25, -0.2) is 4.79 Å². The molecule has 0 aliphatic heterocycles. The molecule has 132 valence electrons. The Morgan fingerprint density at radius 2 is 1.64 bits per heavy atom. The van der Waals surface area contributed by atoms with Crippen molar-refractivity contribution in [1.82, 2.24) is 0 Å². The normalized spacial score (nSPS) is 13.0. The highest BCUT2D eigenvalue weighted by atomic mass is 32.2. The molecule has 0 aliphatic carbocycles. The van der Waals surface area contributed by atoms with Crippen molar-refractivity contribution in [1.29, 1.82) is 0 Å². The highest BCUT2D eigenvalue weighted by Gasteiger charge is 2.26. The van der Waals surface area contributed by atoms with Crippen molar-refractivity contribution in [2.45, 2.75) is 17.9 Å². The minimum atomic E-state index is -0.700. The summed E-state index contributed by atoms with van der Waals surface area (Å²) >= 11 is 0. The van der Waals surface area contributed by atoms with E-state index in [0.717, 1.165) is 11.1 Å². The number of carbonyl (C=O) groups is 2. The van der Waals surface area contributed by atoms with Crippen LogP contribution in [0.4, 0.5) is 0 Å². The standard InChI is InChI=1S/C20H22O4S/c1-3-24-18(21)15-25(14-16-10-6-4-7-11-16)19(20(22)23-2)17-12-8-5-9-13-17/h4-13,15,19H,3,14H2,1-2H3. The summed E-state index contributed by atoms with van der Waals surface area (Å²) in [5, 5.41) is 0.973. The molecule has 4 nitrogen and oxygen atoms in total. The molecule has 0 saturated heterocycles. The number of benzene rings is 2. The zero-order valence-corrected chi connectivity index (χ0v) is 15.2. The minimum Gasteiger partial charge on any atom is -0.468 e. The Morgan fingerprint density at radius 3 is 2.20 bits per heavy atom. The van der Waals surface area contributed by atoms with Crippen LogP contribution in [0.25, 0.3) is 0 Å². The fourth-order valence-corrected chi connectivity index (χ4v) is 4.56. The minimum absolute atomic E-state index is 0.298. The van der Waals surface area contributed by atoms with Crippen LogP contribution in [0.15, 0.2) is 60.7 Å². The molecule has 0 N–H and O–H groups in total. The van der Waals surface area contributed by atoms with E-state index in [2.05, 4.69) is 0 Å². The van der Waals surface area contributed by atoms with Gasteiger partial charge in [0.25, 0.3) is 0 Å². The van der Waals surface area contributed by atoms with Crippen LogP contribution in [-0.2, 0) is 24.8 Å². The van der Waals surface area contributed by atoms with Crippen molar-refractivity contribution >= 4 is 27.8 Å². The maximum absolute atomic E-state index is 12.5. The molecule has 0 aliphatic rings. The predicted octanol–water partition coefficient (Wildman–Crippen LogP) is 3.74. The van der Waals surface area contributed by atoms with E-state index in [0.29, 0.717) is 12.4 Å². The van der Waals surface area contributed by atoms with Crippen molar-refractivity contribution in [2.24, 2.45) is 0 Å². The lowest BCUT2D eigenvalue weighted by Crippen LogP contribution is -2.16. The Balaban J connectivity index is 2.45. The maximum Gasteiger partial charge on any atom is 0.336 e. The van der Waals surface area contributed by atoms with Crippen LogP contribution in [-0.4, -0.2) is 31.0 Å². The average Bonchev–Trinajstić information content (AvgIpc) is 2.63. The first-order chi connectivity index (χ1) is 12.2. The van der Waals surface area contributed by atoms with Gasteiger partial charge in [0.2, 0.25) is 0 Å². The average molecular weight is 358 g/mol. The molecule has 5 heteroatoms. The molecule has 0 bridgehead atoms. The first kappa shape index (κ1) is 18.9. The molecule has 0 heterocycles. The van der Waals surface area contributed by atoms with Gasteiger partial charge in [-0.1, -0.05) is 60.7 Å². The molecule has 0 fully saturated rings. The number of esters is 2. The maximum atomic E-state index is 12.5. The molecule has 2 atom stereocenters. The Hall–Kier alpha value is -2.40. The third-order valence-corrected chi connectivity index (χ3v) is 5.76. The van der Waals surface area contributed by atoms with Gasteiger partial charge in [0.05, 0.1) is 13.7 Å². The quantitative estimate of drug-likeness (QED) is 0.559. The molecule has 2 aromatic carbocycles. The zero-order valence-electron chi connectivity index (χ0n) is 14.4. The molecule has 0 spiro atoms. The summed E-state index contributed by atoms with van der Waals surface area (Å²) in [7, 11) is 0.668. The molecule has 2 rings (SSSR count). The Labute approximate surface area is 150 Å². The number of hydrogen-bond donors (Lipinski definition) is 0. The third kappa shape index (κ3) is 5.57. The van der Waals surface area contributed by atoms with Crippen LogP contribution in [0, 0.1) is 0 Å². The van der Waals surface area contributed by atoms with Crippen molar-refractivity contribution in [3.8, 4) is 0 Å². The molecule has 0 saturated carbocycles. The van der Waals surface area contributed by atoms with Crippen molar-refractivity contribution in [2.75, 3.05) is 13.7 Å². The molecule has 0 amide bonds. The van der Waals surface area contributed by atoms with Gasteiger partial charge < -0.3 is 9.47 Å². The summed E-state index contributed by atoms with van der Waals surface area (Å²) in [6.07, 6.45) is 0. The number of rotatable bonds is 7. The smallest absolute Gasteiger partial charge is 0.336 e. The number of methoxy groups -OCH3 is 1. The van der Waals surface area contributed by atoms with Crippen LogP contribution in [0.2, 0.25) is 0 Å². The molecular weight excluding hydrogens is 336 g/mol. The summed E-state index contributed by atoms with van der Waals surface area (Å²) in [4.78, 5) is 24.6. The van der Waals surface area contributed by atoms with E-state index in [9.17, 15) is 9.59 Å².